The highest BCUT2D eigenvalue weighted by atomic mass is 32.2. The molecule has 1 N–H and O–H groups in total. The number of hydrogen-bond donors (Lipinski definition) is 1. The molecule has 5 heteroatoms. The summed E-state index contributed by atoms with van der Waals surface area (Å²) in [7, 11) is -3.30. The van der Waals surface area contributed by atoms with Crippen LogP contribution in [0.5, 0.6) is 0 Å². The fourth-order valence-corrected chi connectivity index (χ4v) is 7.68. The summed E-state index contributed by atoms with van der Waals surface area (Å²) in [5.74, 6) is 2.82. The molecule has 4 aliphatic carbocycles. The molecule has 0 unspecified atom stereocenters. The van der Waals surface area contributed by atoms with Crippen molar-refractivity contribution in [2.45, 2.75) is 63.8 Å². The van der Waals surface area contributed by atoms with Gasteiger partial charge in [0.2, 0.25) is 0 Å². The Morgan fingerprint density at radius 1 is 1.05 bits per heavy atom. The van der Waals surface area contributed by atoms with Gasteiger partial charge in [0.25, 0.3) is 10.2 Å². The maximum atomic E-state index is 12.8. The third kappa shape index (κ3) is 2.66. The zero-order valence-corrected chi connectivity index (χ0v) is 13.9. The molecule has 0 aromatic heterocycles. The average Bonchev–Trinajstić information content (AvgIpc) is 2.35. The van der Waals surface area contributed by atoms with Crippen LogP contribution < -0.4 is 4.72 Å². The minimum atomic E-state index is -3.30. The summed E-state index contributed by atoms with van der Waals surface area (Å²) in [5.41, 5.74) is -0.103. The molecule has 4 bridgehead atoms. The van der Waals surface area contributed by atoms with Crippen molar-refractivity contribution >= 4 is 10.2 Å². The summed E-state index contributed by atoms with van der Waals surface area (Å²) in [6.45, 7) is 3.56. The first-order valence-electron chi connectivity index (χ1n) is 8.73. The van der Waals surface area contributed by atoms with Crippen molar-refractivity contribution in [3.05, 3.63) is 0 Å². The van der Waals surface area contributed by atoms with Gasteiger partial charge in [0.05, 0.1) is 0 Å². The molecule has 4 saturated carbocycles. The van der Waals surface area contributed by atoms with Crippen molar-refractivity contribution in [2.24, 2.45) is 23.7 Å². The van der Waals surface area contributed by atoms with Crippen molar-refractivity contribution in [1.29, 1.82) is 0 Å². The zero-order valence-electron chi connectivity index (χ0n) is 13.1. The molecule has 1 atom stereocenters. The van der Waals surface area contributed by atoms with E-state index < -0.39 is 10.2 Å². The van der Waals surface area contributed by atoms with E-state index in [1.165, 1.54) is 19.3 Å². The first kappa shape index (κ1) is 14.5. The highest BCUT2D eigenvalue weighted by molar-refractivity contribution is 7.87. The van der Waals surface area contributed by atoms with Gasteiger partial charge in [0, 0.05) is 18.6 Å². The lowest BCUT2D eigenvalue weighted by Crippen LogP contribution is -2.62. The van der Waals surface area contributed by atoms with E-state index in [9.17, 15) is 8.42 Å². The lowest BCUT2D eigenvalue weighted by Gasteiger charge is -2.57. The Morgan fingerprint density at radius 2 is 1.62 bits per heavy atom. The molecule has 0 aromatic carbocycles. The van der Waals surface area contributed by atoms with Gasteiger partial charge in [-0.1, -0.05) is 6.92 Å². The highest BCUT2D eigenvalue weighted by Crippen LogP contribution is 2.55. The van der Waals surface area contributed by atoms with Crippen molar-refractivity contribution in [3.8, 4) is 0 Å². The topological polar surface area (TPSA) is 49.4 Å². The summed E-state index contributed by atoms with van der Waals surface area (Å²) < 4.78 is 30.6. The van der Waals surface area contributed by atoms with Gasteiger partial charge in [-0.3, -0.25) is 0 Å². The Balaban J connectivity index is 1.52. The summed E-state index contributed by atoms with van der Waals surface area (Å²) in [4.78, 5) is 0. The molecule has 0 radical (unpaired) electrons. The van der Waals surface area contributed by atoms with E-state index in [2.05, 4.69) is 11.6 Å². The molecule has 0 amide bonds. The minimum Gasteiger partial charge on any atom is -0.196 e. The van der Waals surface area contributed by atoms with E-state index in [0.717, 1.165) is 49.9 Å². The van der Waals surface area contributed by atoms with Gasteiger partial charge in [0.15, 0.2) is 0 Å². The molecule has 4 nitrogen and oxygen atoms in total. The normalized spacial score (nSPS) is 46.9. The smallest absolute Gasteiger partial charge is 0.196 e. The van der Waals surface area contributed by atoms with Crippen LogP contribution in [0, 0.1) is 23.7 Å². The van der Waals surface area contributed by atoms with Crippen LogP contribution in [0.2, 0.25) is 0 Å². The second-order valence-electron chi connectivity index (χ2n) is 8.41. The van der Waals surface area contributed by atoms with Crippen LogP contribution in [0.1, 0.15) is 58.3 Å². The van der Waals surface area contributed by atoms with Crippen molar-refractivity contribution in [1.82, 2.24) is 9.03 Å². The fourth-order valence-electron chi connectivity index (χ4n) is 5.94. The average molecular weight is 312 g/mol. The fraction of sp³-hybridized carbons (Fsp3) is 1.00. The first-order valence-corrected chi connectivity index (χ1v) is 10.2. The van der Waals surface area contributed by atoms with Gasteiger partial charge in [-0.25, -0.2) is 0 Å². The largest absolute Gasteiger partial charge is 0.279 e. The quantitative estimate of drug-likeness (QED) is 0.870. The SMILES string of the molecule is C[C@H]1CCCN(S(=O)(=O)NC23CC4CC(CC(C4)C2)C3)C1. The summed E-state index contributed by atoms with van der Waals surface area (Å²) >= 11 is 0. The molecule has 0 aromatic rings. The van der Waals surface area contributed by atoms with E-state index in [1.807, 2.05) is 0 Å². The number of nitrogens with zero attached hydrogens (tertiary/aromatic N) is 1. The third-order valence-electron chi connectivity index (χ3n) is 6.34. The van der Waals surface area contributed by atoms with Crippen molar-refractivity contribution < 1.29 is 8.42 Å². The Hall–Kier alpha value is -0.130. The van der Waals surface area contributed by atoms with E-state index in [0.29, 0.717) is 19.0 Å². The van der Waals surface area contributed by atoms with Gasteiger partial charge in [0.1, 0.15) is 0 Å². The Kier molecular flexibility index (Phi) is 3.40. The van der Waals surface area contributed by atoms with E-state index >= 15 is 0 Å². The molecule has 1 saturated heterocycles. The molecule has 0 spiro atoms. The maximum Gasteiger partial charge on any atom is 0.279 e. The van der Waals surface area contributed by atoms with E-state index in [1.54, 1.807) is 4.31 Å². The monoisotopic (exact) mass is 312 g/mol. The molecule has 5 aliphatic rings. The number of hydrogen-bond acceptors (Lipinski definition) is 2. The Morgan fingerprint density at radius 3 is 2.14 bits per heavy atom. The van der Waals surface area contributed by atoms with Crippen LogP contribution in [0.4, 0.5) is 0 Å². The number of piperidine rings is 1. The third-order valence-corrected chi connectivity index (χ3v) is 8.05. The van der Waals surface area contributed by atoms with Crippen LogP contribution >= 0.6 is 0 Å². The van der Waals surface area contributed by atoms with Gasteiger partial charge in [-0.2, -0.15) is 17.4 Å². The molecule has 5 rings (SSSR count). The van der Waals surface area contributed by atoms with Crippen LogP contribution in [0.15, 0.2) is 0 Å². The van der Waals surface area contributed by atoms with Crippen LogP contribution in [-0.2, 0) is 10.2 Å². The van der Waals surface area contributed by atoms with Crippen LogP contribution in [-0.4, -0.2) is 31.4 Å². The molecule has 120 valence electrons. The van der Waals surface area contributed by atoms with Crippen molar-refractivity contribution in [3.63, 3.8) is 0 Å². The predicted octanol–water partition coefficient (Wildman–Crippen LogP) is 2.52. The van der Waals surface area contributed by atoms with Gasteiger partial charge in [-0.15, -0.1) is 0 Å². The molecular formula is C16H28N2O2S. The Labute approximate surface area is 128 Å². The van der Waals surface area contributed by atoms with E-state index in [4.69, 9.17) is 0 Å². The standard InChI is InChI=1S/C16H28N2O2S/c1-12-3-2-4-18(11-12)21(19,20)17-16-8-13-5-14(9-16)7-15(6-13)10-16/h12-15,17H,2-11H2,1H3/t12-,13?,14?,15?,16?/m0/s1. The first-order chi connectivity index (χ1) is 9.94. The molecule has 5 fully saturated rings. The van der Waals surface area contributed by atoms with Crippen molar-refractivity contribution in [2.75, 3.05) is 13.1 Å². The van der Waals surface area contributed by atoms with Gasteiger partial charge >= 0.3 is 0 Å². The summed E-state index contributed by atoms with van der Waals surface area (Å²) in [6, 6.07) is 0. The second kappa shape index (κ2) is 4.93. The zero-order chi connectivity index (χ0) is 14.7. The molecular weight excluding hydrogens is 284 g/mol. The van der Waals surface area contributed by atoms with Crippen LogP contribution in [0.25, 0.3) is 0 Å². The second-order valence-corrected chi connectivity index (χ2v) is 10.1. The molecule has 21 heavy (non-hydrogen) atoms. The lowest BCUT2D eigenvalue weighted by molar-refractivity contribution is -0.00900. The maximum absolute atomic E-state index is 12.8. The minimum absolute atomic E-state index is 0.103. The molecule has 1 aliphatic heterocycles. The van der Waals surface area contributed by atoms with E-state index in [-0.39, 0.29) is 5.54 Å². The Bertz CT molecular complexity index is 481. The predicted molar refractivity (Wildman–Crippen MR) is 82.9 cm³/mol. The van der Waals surface area contributed by atoms with Crippen LogP contribution in [0.3, 0.4) is 0 Å². The number of nitrogens with one attached hydrogen (secondary N) is 1. The van der Waals surface area contributed by atoms with Gasteiger partial charge in [-0.05, 0) is 75.0 Å². The molecule has 1 heterocycles. The summed E-state index contributed by atoms with van der Waals surface area (Å²) in [5, 5.41) is 0. The number of rotatable bonds is 3. The highest BCUT2D eigenvalue weighted by Gasteiger charge is 2.52. The lowest BCUT2D eigenvalue weighted by atomic mass is 9.53. The summed E-state index contributed by atoms with van der Waals surface area (Å²) in [6.07, 6.45) is 9.46. The van der Waals surface area contributed by atoms with Gasteiger partial charge < -0.3 is 0 Å².